The zero-order chi connectivity index (χ0) is 18.3. The van der Waals surface area contributed by atoms with Crippen LogP contribution in [0.3, 0.4) is 0 Å². The second-order valence-electron chi connectivity index (χ2n) is 6.67. The number of nitrogens with two attached hydrogens (primary N) is 1. The van der Waals surface area contributed by atoms with Gasteiger partial charge in [-0.25, -0.2) is 4.79 Å². The van der Waals surface area contributed by atoms with Crippen LogP contribution in [0.4, 0.5) is 0 Å². The number of carbonyl (C=O) groups is 3. The van der Waals surface area contributed by atoms with Gasteiger partial charge >= 0.3 is 11.9 Å². The van der Waals surface area contributed by atoms with Gasteiger partial charge in [0.2, 0.25) is 5.91 Å². The van der Waals surface area contributed by atoms with E-state index in [-0.39, 0.29) is 22.9 Å². The van der Waals surface area contributed by atoms with E-state index in [0.717, 1.165) is 25.0 Å². The monoisotopic (exact) mass is 358 g/mol. The molecule has 0 aromatic carbocycles. The summed E-state index contributed by atoms with van der Waals surface area (Å²) in [6.07, 6.45) is 4.44. The largest absolute Gasteiger partial charge is 0.480 e. The second-order valence-corrected chi connectivity index (χ2v) is 7.82. The van der Waals surface area contributed by atoms with E-state index in [4.69, 9.17) is 15.9 Å². The molecule has 0 aromatic heterocycles. The number of unbranched alkanes of at least 4 members (excludes halogenated alkanes) is 2. The molecule has 7 nitrogen and oxygen atoms in total. The van der Waals surface area contributed by atoms with E-state index in [1.165, 1.54) is 17.8 Å². The van der Waals surface area contributed by atoms with E-state index in [9.17, 15) is 14.4 Å². The van der Waals surface area contributed by atoms with Crippen LogP contribution in [0.25, 0.3) is 0 Å². The minimum atomic E-state index is -1.14. The lowest BCUT2D eigenvalue weighted by molar-refractivity contribution is -0.138. The molecule has 24 heavy (non-hydrogen) atoms. The summed E-state index contributed by atoms with van der Waals surface area (Å²) in [6.45, 7) is 3.96. The molecule has 1 amide bonds. The van der Waals surface area contributed by atoms with Crippen LogP contribution in [-0.4, -0.2) is 45.6 Å². The van der Waals surface area contributed by atoms with Crippen LogP contribution in [0.5, 0.6) is 0 Å². The van der Waals surface area contributed by atoms with Gasteiger partial charge in [-0.05, 0) is 36.9 Å². The molecule has 0 aliphatic heterocycles. The molecule has 1 aliphatic carbocycles. The molecular formula is C16H26N2O5S. The summed E-state index contributed by atoms with van der Waals surface area (Å²) in [4.78, 5) is 33.7. The van der Waals surface area contributed by atoms with Gasteiger partial charge in [0.25, 0.3) is 0 Å². The molecule has 8 heteroatoms. The first-order valence-electron chi connectivity index (χ1n) is 7.95. The highest BCUT2D eigenvalue weighted by Crippen LogP contribution is 2.51. The quantitative estimate of drug-likeness (QED) is 0.325. The number of hydrogen-bond donors (Lipinski definition) is 4. The van der Waals surface area contributed by atoms with E-state index < -0.39 is 18.0 Å². The van der Waals surface area contributed by atoms with E-state index in [1.807, 2.05) is 13.8 Å². The van der Waals surface area contributed by atoms with Crippen LogP contribution in [0, 0.1) is 11.3 Å². The summed E-state index contributed by atoms with van der Waals surface area (Å²) in [5.74, 6) is -1.37. The predicted octanol–water partition coefficient (Wildman–Crippen LogP) is 1.43. The Hall–Kier alpha value is -1.54. The fourth-order valence-corrected chi connectivity index (χ4v) is 3.17. The lowest BCUT2D eigenvalue weighted by atomic mass is 10.1. The molecule has 1 fully saturated rings. The van der Waals surface area contributed by atoms with Crippen LogP contribution in [-0.2, 0) is 14.4 Å². The van der Waals surface area contributed by atoms with E-state index in [2.05, 4.69) is 5.32 Å². The Kier molecular flexibility index (Phi) is 7.75. The number of hydrogen-bond acceptors (Lipinski definition) is 5. The standard InChI is InChI=1S/C16H26N2O5S/c1-16(2)8-10(16)13(19)18-12(15(22)23)6-4-3-5-7-24-9-11(17)14(20)21/h6,10-11H,3-5,7-9,17H2,1-2H3,(H,18,19)(H,20,21)(H,22,23)/b12-6-/t10-,11+/m0/s1. The minimum Gasteiger partial charge on any atom is -0.480 e. The fraction of sp³-hybridized carbons (Fsp3) is 0.688. The molecule has 0 spiro atoms. The summed E-state index contributed by atoms with van der Waals surface area (Å²) in [7, 11) is 0. The lowest BCUT2D eigenvalue weighted by Gasteiger charge is -2.08. The summed E-state index contributed by atoms with van der Waals surface area (Å²) in [5, 5.41) is 20.3. The molecule has 0 heterocycles. The Morgan fingerprint density at radius 1 is 1.33 bits per heavy atom. The molecule has 1 aliphatic rings. The van der Waals surface area contributed by atoms with Crippen molar-refractivity contribution in [1.82, 2.24) is 5.32 Å². The fourth-order valence-electron chi connectivity index (χ4n) is 2.20. The molecule has 0 radical (unpaired) electrons. The molecule has 0 bridgehead atoms. The van der Waals surface area contributed by atoms with Gasteiger partial charge in [-0.2, -0.15) is 11.8 Å². The van der Waals surface area contributed by atoms with Gasteiger partial charge in [0.05, 0.1) is 0 Å². The molecular weight excluding hydrogens is 332 g/mol. The molecule has 0 aromatic rings. The minimum absolute atomic E-state index is 0.0400. The average Bonchev–Trinajstić information content (AvgIpc) is 3.13. The first kappa shape index (κ1) is 20.5. The number of amides is 1. The van der Waals surface area contributed by atoms with E-state index in [1.54, 1.807) is 0 Å². The zero-order valence-electron chi connectivity index (χ0n) is 14.1. The van der Waals surface area contributed by atoms with Gasteiger partial charge in [-0.3, -0.25) is 9.59 Å². The third-order valence-corrected chi connectivity index (χ3v) is 5.20. The number of nitrogens with one attached hydrogen (secondary N) is 1. The summed E-state index contributed by atoms with van der Waals surface area (Å²) in [6, 6.07) is -0.851. The highest BCUT2D eigenvalue weighted by molar-refractivity contribution is 7.99. The Morgan fingerprint density at radius 2 is 1.96 bits per heavy atom. The maximum atomic E-state index is 12.0. The highest BCUT2D eigenvalue weighted by Gasteiger charge is 2.50. The van der Waals surface area contributed by atoms with E-state index >= 15 is 0 Å². The van der Waals surface area contributed by atoms with Gasteiger partial charge in [-0.1, -0.05) is 19.9 Å². The van der Waals surface area contributed by atoms with Crippen LogP contribution in [0.1, 0.15) is 39.5 Å². The van der Waals surface area contributed by atoms with Gasteiger partial charge in [-0.15, -0.1) is 0 Å². The molecule has 136 valence electrons. The molecule has 0 saturated heterocycles. The van der Waals surface area contributed by atoms with Crippen molar-refractivity contribution < 1.29 is 24.6 Å². The van der Waals surface area contributed by atoms with Crippen molar-refractivity contribution in [2.24, 2.45) is 17.1 Å². The summed E-state index contributed by atoms with van der Waals surface area (Å²) in [5.41, 5.74) is 5.28. The maximum absolute atomic E-state index is 12.0. The van der Waals surface area contributed by atoms with Crippen molar-refractivity contribution in [3.05, 3.63) is 11.8 Å². The third kappa shape index (κ3) is 6.92. The Balaban J connectivity index is 2.25. The van der Waals surface area contributed by atoms with Crippen LogP contribution in [0.2, 0.25) is 0 Å². The SMILES string of the molecule is CC1(C)C[C@H]1C(=O)N/C(=C\CCCCSC[C@@H](N)C(=O)O)C(=O)O. The van der Waals surface area contributed by atoms with Crippen LogP contribution in [0.15, 0.2) is 11.8 Å². The Labute approximate surface area is 146 Å². The number of rotatable bonds is 11. The maximum Gasteiger partial charge on any atom is 0.352 e. The highest BCUT2D eigenvalue weighted by atomic mass is 32.2. The summed E-state index contributed by atoms with van der Waals surface area (Å²) < 4.78 is 0. The lowest BCUT2D eigenvalue weighted by Crippen LogP contribution is -2.32. The van der Waals surface area contributed by atoms with Gasteiger partial charge < -0.3 is 21.3 Å². The van der Waals surface area contributed by atoms with E-state index in [0.29, 0.717) is 12.2 Å². The van der Waals surface area contributed by atoms with Gasteiger partial charge in [0.15, 0.2) is 0 Å². The predicted molar refractivity (Wildman–Crippen MR) is 92.5 cm³/mol. The smallest absolute Gasteiger partial charge is 0.352 e. The Morgan fingerprint density at radius 3 is 2.46 bits per heavy atom. The number of carboxylic acid groups (broad SMARTS) is 2. The molecule has 1 saturated carbocycles. The first-order chi connectivity index (χ1) is 11.1. The van der Waals surface area contributed by atoms with Gasteiger partial charge in [0.1, 0.15) is 11.7 Å². The van der Waals surface area contributed by atoms with Crippen molar-refractivity contribution in [1.29, 1.82) is 0 Å². The van der Waals surface area contributed by atoms with Crippen LogP contribution >= 0.6 is 11.8 Å². The van der Waals surface area contributed by atoms with Crippen molar-refractivity contribution in [3.63, 3.8) is 0 Å². The first-order valence-corrected chi connectivity index (χ1v) is 9.11. The number of carboxylic acids is 2. The molecule has 5 N–H and O–H groups in total. The number of carbonyl (C=O) groups excluding carboxylic acids is 1. The summed E-state index contributed by atoms with van der Waals surface area (Å²) >= 11 is 1.46. The van der Waals surface area contributed by atoms with Crippen molar-refractivity contribution in [2.75, 3.05) is 11.5 Å². The van der Waals surface area contributed by atoms with Gasteiger partial charge in [0, 0.05) is 11.7 Å². The number of thioether (sulfide) groups is 1. The molecule has 1 rings (SSSR count). The third-order valence-electron chi connectivity index (χ3n) is 4.02. The van der Waals surface area contributed by atoms with Crippen molar-refractivity contribution in [3.8, 4) is 0 Å². The van der Waals surface area contributed by atoms with Crippen LogP contribution < -0.4 is 11.1 Å². The van der Waals surface area contributed by atoms with Crippen molar-refractivity contribution >= 4 is 29.6 Å². The normalized spacial score (nSPS) is 20.3. The topological polar surface area (TPSA) is 130 Å². The Bertz CT molecular complexity index is 519. The zero-order valence-corrected chi connectivity index (χ0v) is 14.9. The number of allylic oxidation sites excluding steroid dienone is 1. The second kappa shape index (κ2) is 9.08. The average molecular weight is 358 g/mol. The van der Waals surface area contributed by atoms with Crippen molar-refractivity contribution in [2.45, 2.75) is 45.6 Å². The number of aliphatic carboxylic acids is 2. The molecule has 2 atom stereocenters. The molecule has 0 unspecified atom stereocenters.